The number of fused-ring (bicyclic) bond motifs is 2. The molecule has 0 radical (unpaired) electrons. The summed E-state index contributed by atoms with van der Waals surface area (Å²) >= 11 is 0. The van der Waals surface area contributed by atoms with E-state index in [1.807, 2.05) is 58.3 Å². The molecule has 1 fully saturated rings. The molecule has 3 unspecified atom stereocenters. The highest BCUT2D eigenvalue weighted by Gasteiger charge is 2.48. The minimum absolute atomic E-state index is 0.0212. The van der Waals surface area contributed by atoms with Gasteiger partial charge in [0.05, 0.1) is 11.7 Å². The average Bonchev–Trinajstić information content (AvgIpc) is 3.60. The van der Waals surface area contributed by atoms with Crippen molar-refractivity contribution in [1.29, 1.82) is 0 Å². The number of amides is 2. The van der Waals surface area contributed by atoms with Crippen molar-refractivity contribution in [3.8, 4) is 11.3 Å². The Labute approximate surface area is 264 Å². The summed E-state index contributed by atoms with van der Waals surface area (Å²) in [5, 5.41) is 1.06. The summed E-state index contributed by atoms with van der Waals surface area (Å²) in [7, 11) is 0. The highest BCUT2D eigenvalue weighted by atomic mass is 16.2. The predicted octanol–water partition coefficient (Wildman–Crippen LogP) is 6.85. The van der Waals surface area contributed by atoms with Gasteiger partial charge in [0.2, 0.25) is 5.91 Å². The van der Waals surface area contributed by atoms with Gasteiger partial charge in [0.15, 0.2) is 0 Å². The third-order valence-electron chi connectivity index (χ3n) is 9.66. The summed E-state index contributed by atoms with van der Waals surface area (Å²) < 4.78 is 0. The van der Waals surface area contributed by atoms with Gasteiger partial charge < -0.3 is 19.7 Å². The van der Waals surface area contributed by atoms with E-state index < -0.39 is 12.1 Å². The topological polar surface area (TPSA) is 72.5 Å². The summed E-state index contributed by atoms with van der Waals surface area (Å²) in [5.74, 6) is 0.825. The normalized spacial score (nSPS) is 17.9. The zero-order valence-electron chi connectivity index (χ0n) is 26.1. The van der Waals surface area contributed by atoms with Gasteiger partial charge in [-0.1, -0.05) is 92.6 Å². The number of nitrogens with zero attached hydrogens (tertiary/aromatic N) is 4. The molecule has 228 valence electrons. The molecule has 2 aliphatic rings. The van der Waals surface area contributed by atoms with E-state index in [4.69, 9.17) is 0 Å². The molecule has 0 aliphatic carbocycles. The van der Waals surface area contributed by atoms with E-state index in [1.165, 1.54) is 5.56 Å². The molecule has 2 amide bonds. The standard InChI is InChI=1S/C38H39N5O2/c1-4-26(3)35(38(45)42-23-21-41(22-24-42)32-15-9-10-20-39-32)43-36(28-11-5-6-12-29(28)37(43)44)33-30-13-7-8-14-31(30)40-34(33)27-18-16-25(2)17-19-27/h5-20,26,35-36,40H,4,21-24H2,1-3H3. The fourth-order valence-electron chi connectivity index (χ4n) is 7.06. The van der Waals surface area contributed by atoms with Crippen molar-refractivity contribution in [3.05, 3.63) is 119 Å². The molecule has 2 aliphatic heterocycles. The lowest BCUT2D eigenvalue weighted by Gasteiger charge is -2.42. The molecule has 3 atom stereocenters. The van der Waals surface area contributed by atoms with Crippen LogP contribution in [0.2, 0.25) is 0 Å². The molecule has 3 aromatic carbocycles. The minimum Gasteiger partial charge on any atom is -0.354 e. The van der Waals surface area contributed by atoms with Crippen LogP contribution in [0.5, 0.6) is 0 Å². The van der Waals surface area contributed by atoms with Crippen LogP contribution in [0.1, 0.15) is 53.4 Å². The van der Waals surface area contributed by atoms with E-state index in [9.17, 15) is 9.59 Å². The Morgan fingerprint density at radius 1 is 0.911 bits per heavy atom. The number of aromatic amines is 1. The number of carbonyl (C=O) groups excluding carboxylic acids is 2. The number of aryl methyl sites for hydroxylation is 1. The Balaban J connectivity index is 1.33. The Morgan fingerprint density at radius 3 is 2.36 bits per heavy atom. The van der Waals surface area contributed by atoms with Gasteiger partial charge in [-0.3, -0.25) is 9.59 Å². The molecule has 0 saturated carbocycles. The second-order valence-electron chi connectivity index (χ2n) is 12.4. The fraction of sp³-hybridized carbons (Fsp3) is 0.289. The molecular weight excluding hydrogens is 558 g/mol. The van der Waals surface area contributed by atoms with Crippen LogP contribution in [0.4, 0.5) is 5.82 Å². The van der Waals surface area contributed by atoms with Gasteiger partial charge in [-0.15, -0.1) is 0 Å². The first-order chi connectivity index (χ1) is 22.0. The summed E-state index contributed by atoms with van der Waals surface area (Å²) in [5.41, 5.74) is 6.89. The van der Waals surface area contributed by atoms with Crippen LogP contribution in [-0.2, 0) is 4.79 Å². The van der Waals surface area contributed by atoms with Gasteiger partial charge in [0, 0.05) is 54.4 Å². The fourth-order valence-corrected chi connectivity index (χ4v) is 7.06. The molecule has 45 heavy (non-hydrogen) atoms. The van der Waals surface area contributed by atoms with Crippen molar-refractivity contribution in [3.63, 3.8) is 0 Å². The van der Waals surface area contributed by atoms with E-state index in [1.54, 1.807) is 6.20 Å². The predicted molar refractivity (Wildman–Crippen MR) is 179 cm³/mol. The highest BCUT2D eigenvalue weighted by Crippen LogP contribution is 2.47. The number of pyridine rings is 1. The third-order valence-corrected chi connectivity index (χ3v) is 9.66. The Hall–Kier alpha value is -4.91. The monoisotopic (exact) mass is 597 g/mol. The number of carbonyl (C=O) groups is 2. The molecule has 2 aromatic heterocycles. The van der Waals surface area contributed by atoms with Crippen molar-refractivity contribution < 1.29 is 9.59 Å². The molecule has 7 nitrogen and oxygen atoms in total. The number of para-hydroxylation sites is 1. The number of H-pyrrole nitrogens is 1. The third kappa shape index (κ3) is 5.06. The summed E-state index contributed by atoms with van der Waals surface area (Å²) in [6, 6.07) is 29.6. The number of hydrogen-bond acceptors (Lipinski definition) is 4. The van der Waals surface area contributed by atoms with Crippen LogP contribution in [-0.4, -0.2) is 63.8 Å². The quantitative estimate of drug-likeness (QED) is 0.223. The molecule has 7 heteroatoms. The number of anilines is 1. The van der Waals surface area contributed by atoms with Gasteiger partial charge in [0.25, 0.3) is 5.91 Å². The number of benzene rings is 3. The second kappa shape index (κ2) is 11.9. The van der Waals surface area contributed by atoms with Crippen molar-refractivity contribution >= 4 is 28.5 Å². The van der Waals surface area contributed by atoms with Crippen LogP contribution in [0, 0.1) is 12.8 Å². The number of rotatable bonds is 7. The van der Waals surface area contributed by atoms with Crippen molar-refractivity contribution in [2.75, 3.05) is 31.1 Å². The molecular formula is C38H39N5O2. The van der Waals surface area contributed by atoms with Crippen LogP contribution in [0.25, 0.3) is 22.2 Å². The van der Waals surface area contributed by atoms with E-state index in [0.29, 0.717) is 31.7 Å². The number of aromatic nitrogens is 2. The maximum atomic E-state index is 14.7. The lowest BCUT2D eigenvalue weighted by atomic mass is 9.90. The second-order valence-corrected chi connectivity index (χ2v) is 12.4. The van der Waals surface area contributed by atoms with Gasteiger partial charge in [-0.05, 0) is 48.2 Å². The van der Waals surface area contributed by atoms with Crippen molar-refractivity contribution in [2.45, 2.75) is 39.3 Å². The molecule has 4 heterocycles. The first kappa shape index (κ1) is 28.8. The summed E-state index contributed by atoms with van der Waals surface area (Å²) in [6.45, 7) is 8.88. The Bertz CT molecular complexity index is 1840. The van der Waals surface area contributed by atoms with E-state index in [-0.39, 0.29) is 17.7 Å². The maximum absolute atomic E-state index is 14.7. The van der Waals surface area contributed by atoms with E-state index >= 15 is 0 Å². The number of piperazine rings is 1. The lowest BCUT2D eigenvalue weighted by Crippen LogP contribution is -2.57. The van der Waals surface area contributed by atoms with E-state index in [2.05, 4.69) is 78.1 Å². The molecule has 0 spiro atoms. The minimum atomic E-state index is -0.610. The largest absolute Gasteiger partial charge is 0.354 e. The number of hydrogen-bond donors (Lipinski definition) is 1. The van der Waals surface area contributed by atoms with E-state index in [0.717, 1.165) is 45.5 Å². The smallest absolute Gasteiger partial charge is 0.255 e. The maximum Gasteiger partial charge on any atom is 0.255 e. The Morgan fingerprint density at radius 2 is 1.62 bits per heavy atom. The number of nitrogens with one attached hydrogen (secondary N) is 1. The first-order valence-corrected chi connectivity index (χ1v) is 16.0. The summed E-state index contributed by atoms with van der Waals surface area (Å²) in [6.07, 6.45) is 2.58. The van der Waals surface area contributed by atoms with Crippen LogP contribution in [0.3, 0.4) is 0 Å². The highest BCUT2D eigenvalue weighted by molar-refractivity contribution is 6.04. The molecule has 0 bridgehead atoms. The van der Waals surface area contributed by atoms with Gasteiger partial charge in [-0.25, -0.2) is 4.98 Å². The van der Waals surface area contributed by atoms with Crippen molar-refractivity contribution in [1.82, 2.24) is 19.8 Å². The van der Waals surface area contributed by atoms with Gasteiger partial charge in [-0.2, -0.15) is 0 Å². The van der Waals surface area contributed by atoms with Gasteiger partial charge >= 0.3 is 0 Å². The molecule has 1 N–H and O–H groups in total. The lowest BCUT2D eigenvalue weighted by molar-refractivity contribution is -0.138. The zero-order chi connectivity index (χ0) is 31.1. The SMILES string of the molecule is CCC(C)C(C(=O)N1CCN(c2ccccn2)CC1)N1C(=O)c2ccccc2C1c1c(-c2ccc(C)cc2)[nH]c2ccccc12. The van der Waals surface area contributed by atoms with Crippen LogP contribution in [0.15, 0.2) is 97.2 Å². The van der Waals surface area contributed by atoms with Crippen LogP contribution >= 0.6 is 0 Å². The molecule has 7 rings (SSSR count). The molecule has 1 saturated heterocycles. The average molecular weight is 598 g/mol. The van der Waals surface area contributed by atoms with Crippen LogP contribution < -0.4 is 4.90 Å². The van der Waals surface area contributed by atoms with Crippen molar-refractivity contribution in [2.24, 2.45) is 5.92 Å². The van der Waals surface area contributed by atoms with Gasteiger partial charge in [0.1, 0.15) is 11.9 Å². The summed E-state index contributed by atoms with van der Waals surface area (Å²) in [4.78, 5) is 43.5. The first-order valence-electron chi connectivity index (χ1n) is 16.0. The Kier molecular flexibility index (Phi) is 7.61. The zero-order valence-corrected chi connectivity index (χ0v) is 26.1. The molecule has 5 aromatic rings.